The Bertz CT molecular complexity index is 1930. The van der Waals surface area contributed by atoms with Crippen LogP contribution in [0.1, 0.15) is 40.0 Å². The summed E-state index contributed by atoms with van der Waals surface area (Å²) in [4.78, 5) is 72.6. The van der Waals surface area contributed by atoms with Gasteiger partial charge in [0.2, 0.25) is 17.7 Å². The van der Waals surface area contributed by atoms with Gasteiger partial charge in [0.25, 0.3) is 0 Å². The Kier molecular flexibility index (Phi) is 12.1. The number of fused-ring (bicyclic) bond motifs is 1. The van der Waals surface area contributed by atoms with Gasteiger partial charge in [-0.25, -0.2) is 9.78 Å². The molecule has 0 aliphatic rings. The van der Waals surface area contributed by atoms with Crippen molar-refractivity contribution in [3.05, 3.63) is 119 Å². The molecule has 2 aromatic heterocycles. The number of imidazole rings is 1. The molecule has 12 nitrogen and oxygen atoms in total. The second kappa shape index (κ2) is 17.0. The maximum atomic E-state index is 14.0. The number of nitrogens with one attached hydrogen (secondary N) is 4. The largest absolute Gasteiger partial charge is 0.497 e. The van der Waals surface area contributed by atoms with Crippen LogP contribution in [-0.2, 0) is 38.4 Å². The van der Waals surface area contributed by atoms with Gasteiger partial charge in [-0.15, -0.1) is 11.3 Å². The molecule has 0 radical (unpaired) electrons. The summed E-state index contributed by atoms with van der Waals surface area (Å²) in [5, 5.41) is 20.8. The van der Waals surface area contributed by atoms with E-state index in [9.17, 15) is 29.1 Å². The number of carboxylic acids is 1. The number of ether oxygens (including phenoxy) is 1. The van der Waals surface area contributed by atoms with Crippen LogP contribution in [0.15, 0.2) is 96.8 Å². The number of nitrogens with zero attached hydrogens (tertiary/aromatic N) is 1. The van der Waals surface area contributed by atoms with Gasteiger partial charge in [0, 0.05) is 54.3 Å². The smallest absolute Gasteiger partial charge is 0.326 e. The first kappa shape index (κ1) is 35.5. The van der Waals surface area contributed by atoms with Gasteiger partial charge in [-0.3, -0.25) is 19.2 Å². The van der Waals surface area contributed by atoms with Crippen LogP contribution in [0.5, 0.6) is 5.75 Å². The van der Waals surface area contributed by atoms with E-state index in [0.29, 0.717) is 17.0 Å². The van der Waals surface area contributed by atoms with Crippen molar-refractivity contribution in [3.63, 3.8) is 0 Å². The fourth-order valence-electron chi connectivity index (χ4n) is 5.45. The van der Waals surface area contributed by atoms with E-state index < -0.39 is 41.8 Å². The highest BCUT2D eigenvalue weighted by molar-refractivity contribution is 7.17. The van der Waals surface area contributed by atoms with Gasteiger partial charge in [-0.1, -0.05) is 48.5 Å². The van der Waals surface area contributed by atoms with E-state index in [1.165, 1.54) is 31.0 Å². The van der Waals surface area contributed by atoms with Crippen LogP contribution in [0.25, 0.3) is 10.1 Å². The first-order valence-electron chi connectivity index (χ1n) is 16.0. The van der Waals surface area contributed by atoms with Crippen molar-refractivity contribution < 1.29 is 33.8 Å². The van der Waals surface area contributed by atoms with Crippen molar-refractivity contribution in [2.45, 2.75) is 50.2 Å². The molecule has 258 valence electrons. The van der Waals surface area contributed by atoms with Crippen molar-refractivity contribution in [1.82, 2.24) is 25.9 Å². The number of aliphatic carboxylic acids is 1. The maximum absolute atomic E-state index is 14.0. The van der Waals surface area contributed by atoms with E-state index in [0.717, 1.165) is 21.2 Å². The van der Waals surface area contributed by atoms with Crippen molar-refractivity contribution in [2.24, 2.45) is 0 Å². The monoisotopic (exact) mass is 695 g/mol. The first-order valence-corrected chi connectivity index (χ1v) is 16.8. The predicted molar refractivity (Wildman–Crippen MR) is 188 cm³/mol. The highest BCUT2D eigenvalue weighted by atomic mass is 32.1. The molecule has 0 aliphatic carbocycles. The van der Waals surface area contributed by atoms with Crippen LogP contribution in [0.3, 0.4) is 0 Å². The molecule has 3 amide bonds. The van der Waals surface area contributed by atoms with Gasteiger partial charge in [-0.2, -0.15) is 0 Å². The fourth-order valence-corrected chi connectivity index (χ4v) is 6.43. The summed E-state index contributed by atoms with van der Waals surface area (Å²) in [6.07, 6.45) is 2.76. The lowest BCUT2D eigenvalue weighted by atomic mass is 10.0. The third kappa shape index (κ3) is 9.63. The molecule has 0 unspecified atom stereocenters. The van der Waals surface area contributed by atoms with Crippen LogP contribution in [0.4, 0.5) is 0 Å². The fraction of sp³-hybridized carbons (Fsp3) is 0.243. The molecule has 2 heterocycles. The standard InChI is InChI=1S/C37H37N5O7S/c1-49-27-13-11-24(12-14-27)32(43)15-16-34(44)40-30(18-25-21-50-33-10-6-5-9-28(25)33)36(46)41-29(17-23-7-3-2-4-8-23)35(45)42-31(37(47)48)19-26-20-38-22-39-26/h2-14,20-22,29-31H,15-19H2,1H3,(H,38,39)(H,40,44)(H,41,46)(H,42,45)(H,47,48)/t29-,30+,31+/m1/s1. The average molecular weight is 696 g/mol. The van der Waals surface area contributed by atoms with Gasteiger partial charge in [-0.05, 0) is 52.2 Å². The molecule has 5 N–H and O–H groups in total. The third-order valence-corrected chi connectivity index (χ3v) is 9.15. The molecule has 0 fully saturated rings. The van der Waals surface area contributed by atoms with E-state index in [4.69, 9.17) is 4.74 Å². The number of ketones is 1. The van der Waals surface area contributed by atoms with Crippen molar-refractivity contribution in [1.29, 1.82) is 0 Å². The number of rotatable bonds is 17. The topological polar surface area (TPSA) is 180 Å². The number of carbonyl (C=O) groups is 5. The van der Waals surface area contributed by atoms with Gasteiger partial charge >= 0.3 is 5.97 Å². The molecule has 0 saturated heterocycles. The molecule has 3 aromatic carbocycles. The highest BCUT2D eigenvalue weighted by Crippen LogP contribution is 2.27. The van der Waals surface area contributed by atoms with Crippen LogP contribution in [0, 0.1) is 0 Å². The SMILES string of the molecule is COc1ccc(C(=O)CCC(=O)N[C@@H](Cc2csc3ccccc23)C(=O)N[C@H](Cc2ccccc2)C(=O)N[C@@H](Cc2cnc[nH]2)C(=O)O)cc1. The molecule has 5 aromatic rings. The van der Waals surface area contributed by atoms with E-state index in [1.54, 1.807) is 48.5 Å². The molecule has 50 heavy (non-hydrogen) atoms. The highest BCUT2D eigenvalue weighted by Gasteiger charge is 2.31. The molecule has 5 rings (SSSR count). The van der Waals surface area contributed by atoms with E-state index in [2.05, 4.69) is 25.9 Å². The van der Waals surface area contributed by atoms with Gasteiger partial charge in [0.15, 0.2) is 5.78 Å². The lowest BCUT2D eigenvalue weighted by Gasteiger charge is -2.25. The molecule has 0 saturated carbocycles. The Labute approximate surface area is 292 Å². The van der Waals surface area contributed by atoms with Gasteiger partial charge in [0.1, 0.15) is 23.9 Å². The second-order valence-corrected chi connectivity index (χ2v) is 12.6. The summed E-state index contributed by atoms with van der Waals surface area (Å²) in [7, 11) is 1.53. The first-order chi connectivity index (χ1) is 24.2. The van der Waals surface area contributed by atoms with Crippen molar-refractivity contribution in [3.8, 4) is 5.75 Å². The van der Waals surface area contributed by atoms with E-state index in [1.807, 2.05) is 35.7 Å². The number of Topliss-reactive ketones (excluding diaryl/α,β-unsaturated/α-hetero) is 1. The average Bonchev–Trinajstić information content (AvgIpc) is 3.80. The van der Waals surface area contributed by atoms with E-state index >= 15 is 0 Å². The molecular weight excluding hydrogens is 659 g/mol. The maximum Gasteiger partial charge on any atom is 0.326 e. The summed E-state index contributed by atoms with van der Waals surface area (Å²) in [5.74, 6) is -2.74. The Morgan fingerprint density at radius 2 is 1.48 bits per heavy atom. The second-order valence-electron chi connectivity index (χ2n) is 11.7. The Hall–Kier alpha value is -5.82. The summed E-state index contributed by atoms with van der Waals surface area (Å²) in [6, 6.07) is 19.7. The molecule has 0 aliphatic heterocycles. The van der Waals surface area contributed by atoms with Crippen LogP contribution in [-0.4, -0.2) is 69.8 Å². The minimum atomic E-state index is -1.30. The Balaban J connectivity index is 1.34. The zero-order valence-corrected chi connectivity index (χ0v) is 28.1. The summed E-state index contributed by atoms with van der Waals surface area (Å²) in [5.41, 5.74) is 2.50. The number of carboxylic acid groups (broad SMARTS) is 1. The van der Waals surface area contributed by atoms with Crippen LogP contribution >= 0.6 is 11.3 Å². The molecular formula is C37H37N5O7S. The number of benzene rings is 3. The Morgan fingerprint density at radius 1 is 0.800 bits per heavy atom. The Morgan fingerprint density at radius 3 is 2.16 bits per heavy atom. The van der Waals surface area contributed by atoms with Gasteiger partial charge in [0.05, 0.1) is 13.4 Å². The number of hydrogen-bond donors (Lipinski definition) is 5. The van der Waals surface area contributed by atoms with E-state index in [-0.39, 0.29) is 37.9 Å². The zero-order chi connectivity index (χ0) is 35.5. The number of thiophene rings is 1. The molecule has 13 heteroatoms. The third-order valence-electron chi connectivity index (χ3n) is 8.14. The number of methoxy groups -OCH3 is 1. The van der Waals surface area contributed by atoms with Crippen molar-refractivity contribution >= 4 is 50.9 Å². The predicted octanol–water partition coefficient (Wildman–Crippen LogP) is 3.86. The zero-order valence-electron chi connectivity index (χ0n) is 27.3. The molecule has 3 atom stereocenters. The summed E-state index contributed by atoms with van der Waals surface area (Å²) >= 11 is 1.51. The number of amides is 3. The number of H-pyrrole nitrogens is 1. The molecule has 0 bridgehead atoms. The minimum absolute atomic E-state index is 0.0494. The lowest BCUT2D eigenvalue weighted by molar-refractivity contribution is -0.142. The lowest BCUT2D eigenvalue weighted by Crippen LogP contribution is -2.57. The number of carbonyl (C=O) groups excluding carboxylic acids is 4. The summed E-state index contributed by atoms with van der Waals surface area (Å²) < 4.78 is 6.15. The summed E-state index contributed by atoms with van der Waals surface area (Å²) in [6.45, 7) is 0. The number of aromatic amines is 1. The number of hydrogen-bond acceptors (Lipinski definition) is 8. The normalized spacial score (nSPS) is 12.7. The van der Waals surface area contributed by atoms with Crippen LogP contribution < -0.4 is 20.7 Å². The van der Waals surface area contributed by atoms with Crippen molar-refractivity contribution in [2.75, 3.05) is 7.11 Å². The van der Waals surface area contributed by atoms with Gasteiger partial charge < -0.3 is 30.8 Å². The quantitative estimate of drug-likeness (QED) is 0.0910. The van der Waals surface area contributed by atoms with Crippen LogP contribution in [0.2, 0.25) is 0 Å². The minimum Gasteiger partial charge on any atom is -0.497 e. The molecule has 0 spiro atoms. The number of aromatic nitrogens is 2.